The van der Waals surface area contributed by atoms with Gasteiger partial charge >= 0.3 is 5.97 Å². The van der Waals surface area contributed by atoms with Crippen molar-refractivity contribution in [3.8, 4) is 0 Å². The molecule has 2 aromatic carbocycles. The van der Waals surface area contributed by atoms with E-state index in [0.717, 1.165) is 0 Å². The summed E-state index contributed by atoms with van der Waals surface area (Å²) in [6.07, 6.45) is 1.78. The third-order valence-electron chi connectivity index (χ3n) is 7.07. The van der Waals surface area contributed by atoms with Gasteiger partial charge in [0, 0.05) is 6.92 Å². The first-order valence-electron chi connectivity index (χ1n) is 12.4. The molecular weight excluding hydrogens is 567 g/mol. The van der Waals surface area contributed by atoms with Crippen molar-refractivity contribution in [2.45, 2.75) is 77.7 Å². The molecule has 2 aromatic rings. The van der Waals surface area contributed by atoms with Gasteiger partial charge in [0.2, 0.25) is 0 Å². The minimum absolute atomic E-state index is 0.123. The molecule has 3 nitrogen and oxygen atoms in total. The van der Waals surface area contributed by atoms with Crippen LogP contribution in [0.4, 0.5) is 0 Å². The van der Waals surface area contributed by atoms with E-state index < -0.39 is 22.5 Å². The van der Waals surface area contributed by atoms with Crippen molar-refractivity contribution >= 4 is 55.3 Å². The minimum atomic E-state index is -2.70. The van der Waals surface area contributed by atoms with Crippen LogP contribution in [0.1, 0.15) is 48.5 Å². The van der Waals surface area contributed by atoms with Crippen LogP contribution < -0.4 is 10.4 Å². The summed E-state index contributed by atoms with van der Waals surface area (Å²) in [4.78, 5) is 12.1. The van der Waals surface area contributed by atoms with Gasteiger partial charge in [-0.2, -0.15) is 0 Å². The normalized spacial score (nSPS) is 14.1. The molecule has 0 heterocycles. The molecule has 0 bridgehead atoms. The molecule has 0 unspecified atom stereocenters. The molecule has 0 saturated heterocycles. The highest BCUT2D eigenvalue weighted by Gasteiger charge is 2.50. The fraction of sp³-hybridized carbons (Fsp3) is 0.464. The van der Waals surface area contributed by atoms with E-state index in [4.69, 9.17) is 9.16 Å². The van der Waals surface area contributed by atoms with Gasteiger partial charge in [0.15, 0.2) is 0 Å². The third kappa shape index (κ3) is 6.50. The van der Waals surface area contributed by atoms with Crippen molar-refractivity contribution in [1.82, 2.24) is 0 Å². The number of carbonyl (C=O) groups excluding carboxylic acids is 1. The van der Waals surface area contributed by atoms with Crippen molar-refractivity contribution in [2.75, 3.05) is 6.61 Å². The Morgan fingerprint density at radius 3 is 1.71 bits per heavy atom. The number of benzene rings is 2. The fourth-order valence-electron chi connectivity index (χ4n) is 4.89. The van der Waals surface area contributed by atoms with E-state index in [0.29, 0.717) is 6.61 Å². The topological polar surface area (TPSA) is 35.5 Å². The van der Waals surface area contributed by atoms with Crippen molar-refractivity contribution in [3.05, 3.63) is 69.9 Å². The van der Waals surface area contributed by atoms with Crippen molar-refractivity contribution in [2.24, 2.45) is 0 Å². The van der Waals surface area contributed by atoms with Gasteiger partial charge in [-0.05, 0) is 24.7 Å². The quantitative estimate of drug-likeness (QED) is 0.159. The fourth-order valence-corrected chi connectivity index (χ4v) is 16.4. The molecule has 0 aliphatic carbocycles. The Bertz CT molecular complexity index is 887. The van der Waals surface area contributed by atoms with Crippen molar-refractivity contribution < 1.29 is 14.0 Å². The monoisotopic (exact) mass is 608 g/mol. The number of hydrogen-bond acceptors (Lipinski definition) is 3. The lowest BCUT2D eigenvalue weighted by atomic mass is 10.2. The molecule has 34 heavy (non-hydrogen) atoms. The molecule has 0 N–H and O–H groups in total. The second-order valence-corrected chi connectivity index (χ2v) is 21.7. The van der Waals surface area contributed by atoms with E-state index in [1.54, 1.807) is 0 Å². The zero-order chi connectivity index (χ0) is 25.4. The number of esters is 1. The molecular formula is C28H41IO3Si2. The first-order valence-corrected chi connectivity index (χ1v) is 18.0. The zero-order valence-electron chi connectivity index (χ0n) is 21.9. The average Bonchev–Trinajstić information content (AvgIpc) is 2.81. The maximum absolute atomic E-state index is 12.1. The first kappa shape index (κ1) is 29.0. The summed E-state index contributed by atoms with van der Waals surface area (Å²) in [5.74, 6) is -0.270. The largest absolute Gasteiger partial charge is 0.456 e. The molecule has 0 radical (unpaired) electrons. The summed E-state index contributed by atoms with van der Waals surface area (Å²) < 4.78 is 14.3. The molecule has 0 aromatic heterocycles. The molecule has 1 atom stereocenters. The Morgan fingerprint density at radius 1 is 0.912 bits per heavy atom. The summed E-state index contributed by atoms with van der Waals surface area (Å²) >= 11 is 2.51. The van der Waals surface area contributed by atoms with Crippen LogP contribution in [0, 0.1) is 0 Å². The van der Waals surface area contributed by atoms with Gasteiger partial charge in [-0.15, -0.1) is 0 Å². The number of ether oxygens (including phenoxy) is 1. The lowest BCUT2D eigenvalue weighted by molar-refractivity contribution is -0.145. The van der Waals surface area contributed by atoms with Crippen LogP contribution in [0.2, 0.25) is 23.2 Å². The standard InChI is InChI=1S/C28H41IO3Si2/c1-8-33(9-2,10-3)27(29)21-24(32-23(4)30)22-31-34(28(5,6)7,25-17-13-11-14-18-25)26-19-15-12-16-20-26/h11-21,24H,8-10,22H2,1-7H3/b27-21+/t24-/m0/s1. The van der Waals surface area contributed by atoms with Gasteiger partial charge in [-0.3, -0.25) is 4.79 Å². The van der Waals surface area contributed by atoms with Gasteiger partial charge in [0.1, 0.15) is 6.10 Å². The van der Waals surface area contributed by atoms with E-state index in [2.05, 4.69) is 119 Å². The maximum atomic E-state index is 12.1. The minimum Gasteiger partial charge on any atom is -0.456 e. The molecule has 0 saturated carbocycles. The summed E-state index contributed by atoms with van der Waals surface area (Å²) in [7, 11) is -4.26. The lowest BCUT2D eigenvalue weighted by Crippen LogP contribution is -2.67. The molecule has 0 aliphatic rings. The highest BCUT2D eigenvalue weighted by molar-refractivity contribution is 14.1. The summed E-state index contributed by atoms with van der Waals surface area (Å²) in [5, 5.41) is 2.34. The Balaban J connectivity index is 2.57. The van der Waals surface area contributed by atoms with Crippen LogP contribution in [-0.4, -0.2) is 35.1 Å². The molecule has 6 heteroatoms. The van der Waals surface area contributed by atoms with Crippen LogP contribution in [-0.2, 0) is 14.0 Å². The summed E-state index contributed by atoms with van der Waals surface area (Å²) in [6.45, 7) is 15.5. The predicted molar refractivity (Wildman–Crippen MR) is 158 cm³/mol. The van der Waals surface area contributed by atoms with E-state index in [-0.39, 0.29) is 11.0 Å². The van der Waals surface area contributed by atoms with Crippen molar-refractivity contribution in [1.29, 1.82) is 0 Å². The van der Waals surface area contributed by atoms with Gasteiger partial charge in [-0.1, -0.05) is 143 Å². The Hall–Kier alpha value is -1.23. The number of hydrogen-bond donors (Lipinski definition) is 0. The highest BCUT2D eigenvalue weighted by atomic mass is 127. The molecule has 0 spiro atoms. The summed E-state index contributed by atoms with van der Waals surface area (Å²) in [6, 6.07) is 24.8. The van der Waals surface area contributed by atoms with Gasteiger partial charge < -0.3 is 9.16 Å². The zero-order valence-corrected chi connectivity index (χ0v) is 26.0. The number of rotatable bonds is 11. The predicted octanol–water partition coefficient (Wildman–Crippen LogP) is 6.86. The Labute approximate surface area is 222 Å². The van der Waals surface area contributed by atoms with E-state index >= 15 is 0 Å². The first-order chi connectivity index (χ1) is 16.1. The maximum Gasteiger partial charge on any atom is 0.303 e. The van der Waals surface area contributed by atoms with Crippen LogP contribution in [0.15, 0.2) is 69.9 Å². The molecule has 0 fully saturated rings. The van der Waals surface area contributed by atoms with Gasteiger partial charge in [0.25, 0.3) is 8.32 Å². The highest BCUT2D eigenvalue weighted by Crippen LogP contribution is 2.37. The smallest absolute Gasteiger partial charge is 0.303 e. The second kappa shape index (κ2) is 12.6. The lowest BCUT2D eigenvalue weighted by Gasteiger charge is -2.43. The van der Waals surface area contributed by atoms with E-state index in [1.165, 1.54) is 38.6 Å². The van der Waals surface area contributed by atoms with Crippen LogP contribution in [0.5, 0.6) is 0 Å². The number of carbonyl (C=O) groups is 1. The second-order valence-electron chi connectivity index (χ2n) is 9.98. The van der Waals surface area contributed by atoms with E-state index in [9.17, 15) is 4.79 Å². The third-order valence-corrected chi connectivity index (χ3v) is 21.1. The van der Waals surface area contributed by atoms with Crippen molar-refractivity contribution in [3.63, 3.8) is 0 Å². The average molecular weight is 609 g/mol. The van der Waals surface area contributed by atoms with Crippen LogP contribution in [0.3, 0.4) is 0 Å². The van der Waals surface area contributed by atoms with Gasteiger partial charge in [0.05, 0.1) is 14.7 Å². The molecule has 186 valence electrons. The molecule has 0 aliphatic heterocycles. The Kier molecular flexibility index (Phi) is 10.8. The van der Waals surface area contributed by atoms with Crippen LogP contribution >= 0.6 is 22.6 Å². The Morgan fingerprint density at radius 2 is 1.35 bits per heavy atom. The SMILES string of the molecule is CC[Si](CC)(CC)/C(I)=C/[C@@H](CO[Si](c1ccccc1)(c1ccccc1)C(C)(C)C)OC(C)=O. The molecule has 0 amide bonds. The van der Waals surface area contributed by atoms with E-state index in [1.807, 2.05) is 12.1 Å². The summed E-state index contributed by atoms with van der Waals surface area (Å²) in [5.41, 5.74) is 0. The number of halogens is 1. The van der Waals surface area contributed by atoms with Gasteiger partial charge in [-0.25, -0.2) is 0 Å². The van der Waals surface area contributed by atoms with Crippen LogP contribution in [0.25, 0.3) is 0 Å². The molecule has 2 rings (SSSR count).